The molecule has 5 aromatic rings. The molecule has 2 atom stereocenters. The van der Waals surface area contributed by atoms with Crippen LogP contribution < -0.4 is 10.5 Å². The zero-order valence-corrected chi connectivity index (χ0v) is 19.6. The van der Waals surface area contributed by atoms with Gasteiger partial charge in [0.2, 0.25) is 0 Å². The molecule has 0 aliphatic carbocycles. The lowest BCUT2D eigenvalue weighted by Crippen LogP contribution is -2.33. The first-order valence-electron chi connectivity index (χ1n) is 10.7. The van der Waals surface area contributed by atoms with Gasteiger partial charge in [-0.1, -0.05) is 17.7 Å². The van der Waals surface area contributed by atoms with Crippen LogP contribution in [0.4, 0.5) is 5.82 Å². The van der Waals surface area contributed by atoms with Crippen LogP contribution in [0.3, 0.4) is 0 Å². The van der Waals surface area contributed by atoms with E-state index in [9.17, 15) is 9.35 Å². The number of H-pyrrole nitrogens is 1. The minimum atomic E-state index is -1.23. The van der Waals surface area contributed by atoms with E-state index < -0.39 is 11.2 Å². The Hall–Kier alpha value is -3.41. The van der Waals surface area contributed by atoms with Crippen LogP contribution in [-0.2, 0) is 11.2 Å². The van der Waals surface area contributed by atoms with E-state index in [4.69, 9.17) is 16.7 Å². The summed E-state index contributed by atoms with van der Waals surface area (Å²) >= 11 is 5.09. The Morgan fingerprint density at radius 3 is 2.91 bits per heavy atom. The Bertz CT molecular complexity index is 1580. The number of aromatic amines is 1. The Morgan fingerprint density at radius 1 is 1.24 bits per heavy atom. The third-order valence-electron chi connectivity index (χ3n) is 6.09. The molecule has 1 aliphatic heterocycles. The summed E-state index contributed by atoms with van der Waals surface area (Å²) in [5.41, 5.74) is 0.610. The standard InChI is InChI=1S/C22H19ClN8O2S/c1-34(33)15-11-25-19-17(15)21(27-12-26-19)29-9-4-5-14(29)20-28-30-10-7-13(23)18(30)22(32)31(20)16-6-2-3-8-24-16/h2-3,6-8,10-12,14H,4-5,9H2,1H3,(H,25,26,27)/t14?,34-/m1/s1. The molecule has 0 bridgehead atoms. The maximum Gasteiger partial charge on any atom is 0.285 e. The number of aromatic nitrogens is 7. The Kier molecular flexibility index (Phi) is 5.05. The van der Waals surface area contributed by atoms with Crippen molar-refractivity contribution < 1.29 is 4.55 Å². The lowest BCUT2D eigenvalue weighted by atomic mass is 10.2. The van der Waals surface area contributed by atoms with Crippen molar-refractivity contribution in [1.82, 2.24) is 34.1 Å². The van der Waals surface area contributed by atoms with E-state index >= 15 is 0 Å². The number of rotatable bonds is 4. The maximum absolute atomic E-state index is 13.6. The lowest BCUT2D eigenvalue weighted by molar-refractivity contribution is 0.597. The number of nitrogens with one attached hydrogen (secondary N) is 1. The average Bonchev–Trinajstić information content (AvgIpc) is 3.57. The second kappa shape index (κ2) is 8.12. The highest BCUT2D eigenvalue weighted by atomic mass is 35.5. The lowest BCUT2D eigenvalue weighted by Gasteiger charge is -2.27. The Morgan fingerprint density at radius 2 is 2.12 bits per heavy atom. The minimum Gasteiger partial charge on any atom is -0.612 e. The van der Waals surface area contributed by atoms with Crippen LogP contribution in [0.5, 0.6) is 0 Å². The number of hydrogen-bond donors (Lipinski definition) is 1. The average molecular weight is 495 g/mol. The molecule has 0 radical (unpaired) electrons. The molecule has 6 rings (SSSR count). The molecule has 1 aliphatic rings. The van der Waals surface area contributed by atoms with Gasteiger partial charge in [-0.15, -0.1) is 0 Å². The molecule has 1 N–H and O–H groups in total. The fraction of sp³-hybridized carbons (Fsp3) is 0.227. The molecule has 10 nitrogen and oxygen atoms in total. The van der Waals surface area contributed by atoms with Crippen molar-refractivity contribution in [3.05, 3.63) is 70.4 Å². The van der Waals surface area contributed by atoms with Crippen molar-refractivity contribution >= 4 is 45.1 Å². The van der Waals surface area contributed by atoms with Gasteiger partial charge in [-0.25, -0.2) is 24.0 Å². The molecule has 1 saturated heterocycles. The molecule has 1 unspecified atom stereocenters. The number of fused-ring (bicyclic) bond motifs is 2. The summed E-state index contributed by atoms with van der Waals surface area (Å²) in [4.78, 5) is 32.8. The second-order valence-electron chi connectivity index (χ2n) is 8.02. The monoisotopic (exact) mass is 494 g/mol. The Balaban J connectivity index is 1.59. The third-order valence-corrected chi connectivity index (χ3v) is 7.33. The van der Waals surface area contributed by atoms with Crippen LogP contribution in [0.1, 0.15) is 24.7 Å². The topological polar surface area (TPSA) is 120 Å². The molecule has 6 heterocycles. The predicted molar refractivity (Wildman–Crippen MR) is 129 cm³/mol. The summed E-state index contributed by atoms with van der Waals surface area (Å²) in [6, 6.07) is 6.77. The van der Waals surface area contributed by atoms with Crippen molar-refractivity contribution in [1.29, 1.82) is 0 Å². The molecular formula is C22H19ClN8O2S. The molecule has 0 amide bonds. The first kappa shape index (κ1) is 21.1. The van der Waals surface area contributed by atoms with Crippen molar-refractivity contribution in [3.8, 4) is 5.82 Å². The summed E-state index contributed by atoms with van der Waals surface area (Å²) in [5.74, 6) is 1.65. The maximum atomic E-state index is 13.6. The van der Waals surface area contributed by atoms with Gasteiger partial charge >= 0.3 is 0 Å². The summed E-state index contributed by atoms with van der Waals surface area (Å²) in [6.45, 7) is 0.695. The normalized spacial score (nSPS) is 17.1. The second-order valence-corrected chi connectivity index (χ2v) is 9.78. The van der Waals surface area contributed by atoms with E-state index in [-0.39, 0.29) is 11.6 Å². The predicted octanol–water partition coefficient (Wildman–Crippen LogP) is 2.88. The molecule has 12 heteroatoms. The highest BCUT2D eigenvalue weighted by Crippen LogP contribution is 2.39. The summed E-state index contributed by atoms with van der Waals surface area (Å²) in [7, 11) is 0. The number of halogens is 1. The minimum absolute atomic E-state index is 0.272. The molecule has 5 aromatic heterocycles. The van der Waals surface area contributed by atoms with Crippen LogP contribution in [-0.4, -0.2) is 51.5 Å². The van der Waals surface area contributed by atoms with Gasteiger partial charge < -0.3 is 14.4 Å². The summed E-state index contributed by atoms with van der Waals surface area (Å²) in [6.07, 6.45) is 9.76. The van der Waals surface area contributed by atoms with Crippen molar-refractivity contribution in [2.24, 2.45) is 0 Å². The van der Waals surface area contributed by atoms with Crippen LogP contribution in [0.25, 0.3) is 22.4 Å². The quantitative estimate of drug-likeness (QED) is 0.381. The zero-order valence-electron chi connectivity index (χ0n) is 18.1. The highest BCUT2D eigenvalue weighted by Gasteiger charge is 2.35. The fourth-order valence-corrected chi connectivity index (χ4v) is 5.55. The summed E-state index contributed by atoms with van der Waals surface area (Å²) < 4.78 is 15.5. The molecular weight excluding hydrogens is 476 g/mol. The van der Waals surface area contributed by atoms with E-state index in [1.54, 1.807) is 43.0 Å². The van der Waals surface area contributed by atoms with Crippen LogP contribution >= 0.6 is 11.6 Å². The van der Waals surface area contributed by atoms with Gasteiger partial charge in [0.05, 0.1) is 17.3 Å². The zero-order chi connectivity index (χ0) is 23.4. The smallest absolute Gasteiger partial charge is 0.285 e. The number of pyridine rings is 1. The van der Waals surface area contributed by atoms with Crippen molar-refractivity contribution in [2.75, 3.05) is 17.7 Å². The van der Waals surface area contributed by atoms with Crippen LogP contribution in [0.2, 0.25) is 5.02 Å². The first-order chi connectivity index (χ1) is 16.5. The van der Waals surface area contributed by atoms with E-state index in [0.29, 0.717) is 50.5 Å². The van der Waals surface area contributed by atoms with E-state index in [0.717, 1.165) is 12.8 Å². The molecule has 172 valence electrons. The molecule has 1 fully saturated rings. The Labute approximate surface area is 201 Å². The van der Waals surface area contributed by atoms with Crippen LogP contribution in [0.15, 0.2) is 58.9 Å². The number of anilines is 1. The van der Waals surface area contributed by atoms with Crippen molar-refractivity contribution in [3.63, 3.8) is 0 Å². The van der Waals surface area contributed by atoms with Crippen LogP contribution in [0, 0.1) is 0 Å². The van der Waals surface area contributed by atoms with Gasteiger partial charge in [-0.2, -0.15) is 5.10 Å². The van der Waals surface area contributed by atoms with Gasteiger partial charge in [0.25, 0.3) is 5.56 Å². The fourth-order valence-electron chi connectivity index (χ4n) is 4.62. The van der Waals surface area contributed by atoms with Crippen molar-refractivity contribution in [2.45, 2.75) is 23.8 Å². The molecule has 0 aromatic carbocycles. The number of nitrogens with zero attached hydrogens (tertiary/aromatic N) is 7. The van der Waals surface area contributed by atoms with E-state index in [1.807, 2.05) is 6.07 Å². The number of hydrogen-bond acceptors (Lipinski definition) is 7. The third kappa shape index (κ3) is 3.19. The highest BCUT2D eigenvalue weighted by molar-refractivity contribution is 7.91. The molecule has 0 spiro atoms. The largest absolute Gasteiger partial charge is 0.612 e. The van der Waals surface area contributed by atoms with Gasteiger partial charge in [0, 0.05) is 18.9 Å². The molecule has 34 heavy (non-hydrogen) atoms. The van der Waals surface area contributed by atoms with Gasteiger partial charge in [-0.05, 0) is 42.2 Å². The van der Waals surface area contributed by atoms with Gasteiger partial charge in [0.1, 0.15) is 40.8 Å². The van der Waals surface area contributed by atoms with E-state index in [2.05, 4.69) is 24.8 Å². The van der Waals surface area contributed by atoms with E-state index in [1.165, 1.54) is 15.4 Å². The van der Waals surface area contributed by atoms with Gasteiger partial charge in [-0.3, -0.25) is 4.79 Å². The SMILES string of the molecule is C[S@@+]([O-])c1c[nH]c2ncnc(N3CCCC3c3nn4ccc(Cl)c4c(=O)n3-c3ccccn3)c12. The first-order valence-corrected chi connectivity index (χ1v) is 12.6. The van der Waals surface area contributed by atoms with Gasteiger partial charge in [0.15, 0.2) is 10.7 Å². The summed E-state index contributed by atoms with van der Waals surface area (Å²) in [5, 5.41) is 5.86. The molecule has 0 saturated carbocycles.